The third-order valence-corrected chi connectivity index (χ3v) is 6.92. The maximum atomic E-state index is 12.8. The summed E-state index contributed by atoms with van der Waals surface area (Å²) in [4.78, 5) is 12.7. The fourth-order valence-electron chi connectivity index (χ4n) is 4.02. The number of hydrogen-bond acceptors (Lipinski definition) is 6. The standard InChI is InChI=1S/C23H29N3O5S/c1-13(2)16-9-15(12-24)10-17(14(3)4)21(16)25-22(27)26-32(29,30)20-11-18-19(31-20)7-6-8-23(18,5)28/h9-11,13-14,28H,6-8H2,1-5H3,(H2,25,26,27). The Morgan fingerprint density at radius 2 is 1.78 bits per heavy atom. The number of anilines is 1. The number of carbonyl (C=O) groups excluding carboxylic acids is 1. The van der Waals surface area contributed by atoms with E-state index in [1.807, 2.05) is 32.4 Å². The van der Waals surface area contributed by atoms with Crippen molar-refractivity contribution < 1.29 is 22.7 Å². The summed E-state index contributed by atoms with van der Waals surface area (Å²) in [5.74, 6) is 0.400. The van der Waals surface area contributed by atoms with E-state index in [2.05, 4.69) is 11.4 Å². The lowest BCUT2D eigenvalue weighted by molar-refractivity contribution is 0.0362. The van der Waals surface area contributed by atoms with Crippen molar-refractivity contribution in [3.8, 4) is 6.07 Å². The molecule has 172 valence electrons. The van der Waals surface area contributed by atoms with Gasteiger partial charge in [-0.2, -0.15) is 13.7 Å². The minimum Gasteiger partial charge on any atom is -0.447 e. The van der Waals surface area contributed by atoms with Crippen molar-refractivity contribution in [2.24, 2.45) is 0 Å². The van der Waals surface area contributed by atoms with Crippen LogP contribution in [0.4, 0.5) is 10.5 Å². The maximum absolute atomic E-state index is 12.8. The smallest absolute Gasteiger partial charge is 0.333 e. The Balaban J connectivity index is 1.91. The van der Waals surface area contributed by atoms with Crippen LogP contribution in [0, 0.1) is 11.3 Å². The number of amides is 2. The van der Waals surface area contributed by atoms with Gasteiger partial charge in [0.05, 0.1) is 17.2 Å². The van der Waals surface area contributed by atoms with Crippen LogP contribution < -0.4 is 10.0 Å². The number of nitrogens with one attached hydrogen (secondary N) is 2. The highest BCUT2D eigenvalue weighted by atomic mass is 32.2. The molecule has 0 saturated heterocycles. The highest BCUT2D eigenvalue weighted by Gasteiger charge is 2.35. The van der Waals surface area contributed by atoms with Crippen molar-refractivity contribution in [3.05, 3.63) is 46.2 Å². The highest BCUT2D eigenvalue weighted by Crippen LogP contribution is 2.38. The van der Waals surface area contributed by atoms with E-state index in [0.717, 1.165) is 11.1 Å². The molecule has 1 aliphatic rings. The molecule has 3 rings (SSSR count). The third-order valence-electron chi connectivity index (χ3n) is 5.74. The topological polar surface area (TPSA) is 132 Å². The Kier molecular flexibility index (Phi) is 6.40. The lowest BCUT2D eigenvalue weighted by Crippen LogP contribution is -2.35. The monoisotopic (exact) mass is 459 g/mol. The zero-order valence-corrected chi connectivity index (χ0v) is 19.8. The zero-order valence-electron chi connectivity index (χ0n) is 18.9. The van der Waals surface area contributed by atoms with Crippen LogP contribution in [0.1, 0.15) is 87.3 Å². The average Bonchev–Trinajstić information content (AvgIpc) is 3.14. The van der Waals surface area contributed by atoms with Gasteiger partial charge in [-0.15, -0.1) is 0 Å². The first-order valence-corrected chi connectivity index (χ1v) is 12.1. The SMILES string of the molecule is CC(C)c1cc(C#N)cc(C(C)C)c1NC(=O)NS(=O)(=O)c1cc2c(o1)CCCC2(C)O. The first-order valence-electron chi connectivity index (χ1n) is 10.6. The fourth-order valence-corrected chi connectivity index (χ4v) is 4.90. The Morgan fingerprint density at radius 3 is 2.28 bits per heavy atom. The molecule has 0 radical (unpaired) electrons. The fraction of sp³-hybridized carbons (Fsp3) is 0.478. The first-order chi connectivity index (χ1) is 14.9. The molecule has 1 heterocycles. The number of furan rings is 1. The van der Waals surface area contributed by atoms with Crippen LogP contribution in [0.5, 0.6) is 0 Å². The molecule has 2 amide bonds. The summed E-state index contributed by atoms with van der Waals surface area (Å²) < 4.78 is 33.1. The average molecular weight is 460 g/mol. The van der Waals surface area contributed by atoms with Crippen LogP contribution in [-0.4, -0.2) is 19.6 Å². The van der Waals surface area contributed by atoms with Gasteiger partial charge in [0, 0.05) is 23.7 Å². The third kappa shape index (κ3) is 4.66. The van der Waals surface area contributed by atoms with Gasteiger partial charge in [0.1, 0.15) is 5.76 Å². The molecule has 0 bridgehead atoms. The molecular weight excluding hydrogens is 430 g/mol. The quantitative estimate of drug-likeness (QED) is 0.605. The van der Waals surface area contributed by atoms with Crippen molar-refractivity contribution in [1.29, 1.82) is 5.26 Å². The van der Waals surface area contributed by atoms with E-state index >= 15 is 0 Å². The number of benzene rings is 1. The summed E-state index contributed by atoms with van der Waals surface area (Å²) in [7, 11) is -4.30. The summed E-state index contributed by atoms with van der Waals surface area (Å²) >= 11 is 0. The lowest BCUT2D eigenvalue weighted by atomic mass is 9.85. The molecule has 1 atom stereocenters. The Labute approximate surface area is 188 Å². The normalized spacial score (nSPS) is 18.3. The van der Waals surface area contributed by atoms with Gasteiger partial charge in [-0.25, -0.2) is 9.52 Å². The molecule has 32 heavy (non-hydrogen) atoms. The molecule has 0 saturated carbocycles. The van der Waals surface area contributed by atoms with Crippen molar-refractivity contribution in [2.45, 2.75) is 76.4 Å². The van der Waals surface area contributed by atoms with Gasteiger partial charge >= 0.3 is 6.03 Å². The molecule has 0 spiro atoms. The van der Waals surface area contributed by atoms with Crippen LogP contribution in [0.25, 0.3) is 0 Å². The maximum Gasteiger partial charge on any atom is 0.333 e. The molecule has 3 N–H and O–H groups in total. The van der Waals surface area contributed by atoms with Crippen molar-refractivity contribution >= 4 is 21.7 Å². The lowest BCUT2D eigenvalue weighted by Gasteiger charge is -2.26. The van der Waals surface area contributed by atoms with Gasteiger partial charge in [0.25, 0.3) is 10.0 Å². The predicted molar refractivity (Wildman–Crippen MR) is 120 cm³/mol. The van der Waals surface area contributed by atoms with E-state index in [1.165, 1.54) is 6.07 Å². The Bertz CT molecular complexity index is 1160. The van der Waals surface area contributed by atoms with Gasteiger partial charge in [-0.05, 0) is 54.9 Å². The summed E-state index contributed by atoms with van der Waals surface area (Å²) in [6.07, 6.45) is 1.70. The summed E-state index contributed by atoms with van der Waals surface area (Å²) in [6.45, 7) is 9.33. The largest absolute Gasteiger partial charge is 0.447 e. The van der Waals surface area contributed by atoms with Gasteiger partial charge in [-0.1, -0.05) is 27.7 Å². The van der Waals surface area contributed by atoms with Crippen LogP contribution >= 0.6 is 0 Å². The van der Waals surface area contributed by atoms with Gasteiger partial charge in [0.15, 0.2) is 0 Å². The molecule has 0 aliphatic heterocycles. The summed E-state index contributed by atoms with van der Waals surface area (Å²) in [5, 5.41) is 22.1. The number of nitriles is 1. The first kappa shape index (κ1) is 23.8. The second-order valence-electron chi connectivity index (χ2n) is 9.04. The van der Waals surface area contributed by atoms with E-state index in [0.29, 0.717) is 41.8 Å². The van der Waals surface area contributed by atoms with E-state index in [-0.39, 0.29) is 11.8 Å². The van der Waals surface area contributed by atoms with Crippen LogP contribution in [0.2, 0.25) is 0 Å². The van der Waals surface area contributed by atoms with Gasteiger partial charge in [0.2, 0.25) is 5.09 Å². The van der Waals surface area contributed by atoms with Crippen molar-refractivity contribution in [2.75, 3.05) is 5.32 Å². The van der Waals surface area contributed by atoms with Crippen LogP contribution in [-0.2, 0) is 22.0 Å². The van der Waals surface area contributed by atoms with Crippen LogP contribution in [0.15, 0.2) is 27.7 Å². The molecule has 1 aromatic heterocycles. The van der Waals surface area contributed by atoms with E-state index in [9.17, 15) is 23.6 Å². The van der Waals surface area contributed by atoms with Crippen molar-refractivity contribution in [1.82, 2.24) is 4.72 Å². The molecule has 1 aliphatic carbocycles. The van der Waals surface area contributed by atoms with E-state index in [1.54, 1.807) is 19.1 Å². The Morgan fingerprint density at radius 1 is 1.19 bits per heavy atom. The summed E-state index contributed by atoms with van der Waals surface area (Å²) in [5.41, 5.74) is 1.71. The molecule has 2 aromatic rings. The number of sulfonamides is 1. The number of aryl methyl sites for hydroxylation is 1. The number of rotatable bonds is 5. The van der Waals surface area contributed by atoms with E-state index in [4.69, 9.17) is 4.42 Å². The number of nitrogens with zero attached hydrogens (tertiary/aromatic N) is 1. The number of aliphatic hydroxyl groups is 1. The van der Waals surface area contributed by atoms with E-state index < -0.39 is 26.7 Å². The molecule has 1 aromatic carbocycles. The molecule has 1 unspecified atom stereocenters. The summed E-state index contributed by atoms with van der Waals surface area (Å²) in [6, 6.07) is 5.88. The predicted octanol–water partition coefficient (Wildman–Crippen LogP) is 4.45. The van der Waals surface area contributed by atoms with Crippen molar-refractivity contribution in [3.63, 3.8) is 0 Å². The number of fused-ring (bicyclic) bond motifs is 1. The minimum absolute atomic E-state index is 0.00765. The Hall–Kier alpha value is -2.83. The number of urea groups is 1. The second-order valence-corrected chi connectivity index (χ2v) is 10.7. The van der Waals surface area contributed by atoms with Gasteiger partial charge < -0.3 is 14.8 Å². The molecule has 8 nitrogen and oxygen atoms in total. The minimum atomic E-state index is -4.30. The zero-order chi connectivity index (χ0) is 23.8. The van der Waals surface area contributed by atoms with Gasteiger partial charge in [-0.3, -0.25) is 0 Å². The molecular formula is C23H29N3O5S. The number of carbonyl (C=O) groups is 1. The number of hydrogen-bond donors (Lipinski definition) is 3. The second kappa shape index (κ2) is 8.60. The molecule has 0 fully saturated rings. The van der Waals surface area contributed by atoms with Crippen LogP contribution in [0.3, 0.4) is 0 Å². The molecule has 9 heteroatoms. The highest BCUT2D eigenvalue weighted by molar-refractivity contribution is 7.89.